The molecule has 0 aliphatic carbocycles. The number of nitro benzene ring substituents is 1. The molecular formula is C20H19N3O6. The van der Waals surface area contributed by atoms with Gasteiger partial charge in [-0.05, 0) is 24.6 Å². The molecule has 2 aromatic rings. The Morgan fingerprint density at radius 2 is 1.93 bits per heavy atom. The average Bonchev–Trinajstić information content (AvgIpc) is 3.03. The topological polar surface area (TPSA) is 134 Å². The summed E-state index contributed by atoms with van der Waals surface area (Å²) in [5, 5.41) is 25.7. The van der Waals surface area contributed by atoms with E-state index in [9.17, 15) is 10.1 Å². The highest BCUT2D eigenvalue weighted by atomic mass is 16.6. The Labute approximate surface area is 166 Å². The monoisotopic (exact) mass is 397 g/mol. The lowest BCUT2D eigenvalue weighted by Gasteiger charge is -2.29. The van der Waals surface area contributed by atoms with Gasteiger partial charge in [-0.1, -0.05) is 30.4 Å². The van der Waals surface area contributed by atoms with Crippen LogP contribution >= 0.6 is 0 Å². The van der Waals surface area contributed by atoms with Gasteiger partial charge < -0.3 is 10.2 Å². The molecule has 4 rings (SSSR count). The normalized spacial score (nSPS) is 21.7. The molecule has 2 aliphatic heterocycles. The maximum Gasteiger partial charge on any atom is 0.414 e. The summed E-state index contributed by atoms with van der Waals surface area (Å²) >= 11 is 0. The highest BCUT2D eigenvalue weighted by molar-refractivity contribution is 6.27. The summed E-state index contributed by atoms with van der Waals surface area (Å²) in [7, 11) is 0. The Kier molecular flexibility index (Phi) is 5.69. The van der Waals surface area contributed by atoms with Crippen LogP contribution in [0.5, 0.6) is 0 Å². The number of carbonyl (C=O) groups is 2. The van der Waals surface area contributed by atoms with Gasteiger partial charge in [-0.25, -0.2) is 9.59 Å². The van der Waals surface area contributed by atoms with Crippen molar-refractivity contribution < 1.29 is 24.7 Å². The second-order valence-corrected chi connectivity index (χ2v) is 6.89. The van der Waals surface area contributed by atoms with Gasteiger partial charge in [0.05, 0.1) is 10.6 Å². The molecule has 2 unspecified atom stereocenters. The van der Waals surface area contributed by atoms with Gasteiger partial charge in [0.2, 0.25) is 0 Å². The fourth-order valence-electron chi connectivity index (χ4n) is 3.60. The van der Waals surface area contributed by atoms with E-state index in [4.69, 9.17) is 19.8 Å². The predicted octanol–water partition coefficient (Wildman–Crippen LogP) is 2.33. The van der Waals surface area contributed by atoms with E-state index < -0.39 is 11.9 Å². The molecular weight excluding hydrogens is 378 g/mol. The molecule has 9 heteroatoms. The number of nitro groups is 1. The summed E-state index contributed by atoms with van der Waals surface area (Å²) in [6, 6.07) is 10.7. The van der Waals surface area contributed by atoms with Crippen LogP contribution in [0.3, 0.4) is 0 Å². The van der Waals surface area contributed by atoms with Crippen LogP contribution < -0.4 is 0 Å². The number of pyridine rings is 1. The second kappa shape index (κ2) is 8.19. The highest BCUT2D eigenvalue weighted by Gasteiger charge is 2.39. The Hall–Kier alpha value is -3.59. The number of benzene rings is 1. The van der Waals surface area contributed by atoms with Crippen molar-refractivity contribution in [2.75, 3.05) is 19.6 Å². The quantitative estimate of drug-likeness (QED) is 0.349. The number of hydrogen-bond acceptors (Lipinski definition) is 6. The molecule has 2 N–H and O–H groups in total. The molecule has 0 spiro atoms. The lowest BCUT2D eigenvalue weighted by molar-refractivity contribution is -0.384. The summed E-state index contributed by atoms with van der Waals surface area (Å²) in [5.74, 6) is -3.65. The van der Waals surface area contributed by atoms with Crippen molar-refractivity contribution in [3.8, 4) is 11.3 Å². The number of hydrogen-bond donors (Lipinski definition) is 2. The van der Waals surface area contributed by atoms with Gasteiger partial charge in [0.1, 0.15) is 0 Å². The first-order valence-corrected chi connectivity index (χ1v) is 8.88. The molecule has 9 nitrogen and oxygen atoms in total. The molecule has 2 bridgehead atoms. The van der Waals surface area contributed by atoms with Gasteiger partial charge >= 0.3 is 11.9 Å². The third-order valence-electron chi connectivity index (χ3n) is 5.05. The molecule has 1 aromatic carbocycles. The van der Waals surface area contributed by atoms with Gasteiger partial charge in [0.15, 0.2) is 0 Å². The van der Waals surface area contributed by atoms with Gasteiger partial charge in [0, 0.05) is 42.4 Å². The molecule has 1 aromatic heterocycles. The minimum atomic E-state index is -1.82. The zero-order chi connectivity index (χ0) is 21.0. The molecule has 2 atom stereocenters. The van der Waals surface area contributed by atoms with Crippen LogP contribution in [0.2, 0.25) is 0 Å². The largest absolute Gasteiger partial charge is 0.473 e. The van der Waals surface area contributed by atoms with E-state index in [1.54, 1.807) is 12.1 Å². The van der Waals surface area contributed by atoms with Crippen molar-refractivity contribution in [3.63, 3.8) is 0 Å². The van der Waals surface area contributed by atoms with Crippen LogP contribution in [0.4, 0.5) is 5.69 Å². The number of fused-ring (bicyclic) bond motifs is 2. The SMILES string of the molecule is O=C(O)C(=O)O.O=[N+]([O-])c1cccc(-c2ccc(C34C=CCN(CC3)C4)cn2)c1. The van der Waals surface area contributed by atoms with Crippen molar-refractivity contribution in [1.29, 1.82) is 0 Å². The first kappa shape index (κ1) is 20.2. The molecule has 0 saturated carbocycles. The Morgan fingerprint density at radius 3 is 2.55 bits per heavy atom. The van der Waals surface area contributed by atoms with Crippen LogP contribution in [0.1, 0.15) is 12.0 Å². The van der Waals surface area contributed by atoms with E-state index in [-0.39, 0.29) is 16.0 Å². The zero-order valence-corrected chi connectivity index (χ0v) is 15.4. The van der Waals surface area contributed by atoms with Gasteiger partial charge in [-0.2, -0.15) is 0 Å². The predicted molar refractivity (Wildman–Crippen MR) is 103 cm³/mol. The van der Waals surface area contributed by atoms with E-state index in [1.807, 2.05) is 18.3 Å². The molecule has 1 saturated heterocycles. The smallest absolute Gasteiger partial charge is 0.414 e. The summed E-state index contributed by atoms with van der Waals surface area (Å²) in [5.41, 5.74) is 2.95. The lowest BCUT2D eigenvalue weighted by atomic mass is 9.79. The maximum absolute atomic E-state index is 10.9. The van der Waals surface area contributed by atoms with E-state index >= 15 is 0 Å². The maximum atomic E-state index is 10.9. The molecule has 0 radical (unpaired) electrons. The summed E-state index contributed by atoms with van der Waals surface area (Å²) < 4.78 is 0. The number of carboxylic acids is 2. The van der Waals surface area contributed by atoms with Crippen LogP contribution in [0.15, 0.2) is 54.7 Å². The van der Waals surface area contributed by atoms with Crippen molar-refractivity contribution in [1.82, 2.24) is 9.88 Å². The molecule has 29 heavy (non-hydrogen) atoms. The molecule has 1 fully saturated rings. The van der Waals surface area contributed by atoms with Crippen LogP contribution in [0.25, 0.3) is 11.3 Å². The van der Waals surface area contributed by atoms with E-state index in [0.717, 1.165) is 37.3 Å². The van der Waals surface area contributed by atoms with Crippen molar-refractivity contribution >= 4 is 17.6 Å². The van der Waals surface area contributed by atoms with Gasteiger partial charge in [-0.15, -0.1) is 0 Å². The highest BCUT2D eigenvalue weighted by Crippen LogP contribution is 2.38. The fourth-order valence-corrected chi connectivity index (χ4v) is 3.60. The van der Waals surface area contributed by atoms with Crippen LogP contribution in [0, 0.1) is 10.1 Å². The van der Waals surface area contributed by atoms with E-state index in [2.05, 4.69) is 28.1 Å². The van der Waals surface area contributed by atoms with Crippen molar-refractivity contribution in [2.45, 2.75) is 11.8 Å². The second-order valence-electron chi connectivity index (χ2n) is 6.89. The Balaban J connectivity index is 0.000000353. The third-order valence-corrected chi connectivity index (χ3v) is 5.05. The number of rotatable bonds is 3. The summed E-state index contributed by atoms with van der Waals surface area (Å²) in [6.07, 6.45) is 7.61. The summed E-state index contributed by atoms with van der Waals surface area (Å²) in [4.78, 5) is 35.7. The minimum absolute atomic E-state index is 0.0897. The number of carboxylic acid groups (broad SMARTS) is 2. The first-order chi connectivity index (χ1) is 13.8. The van der Waals surface area contributed by atoms with E-state index in [0.29, 0.717) is 0 Å². The number of non-ortho nitro benzene ring substituents is 1. The third kappa shape index (κ3) is 4.46. The van der Waals surface area contributed by atoms with Crippen LogP contribution in [-0.2, 0) is 15.0 Å². The summed E-state index contributed by atoms with van der Waals surface area (Å²) in [6.45, 7) is 3.22. The first-order valence-electron chi connectivity index (χ1n) is 8.88. The number of aromatic nitrogens is 1. The molecule has 0 amide bonds. The molecule has 150 valence electrons. The zero-order valence-electron chi connectivity index (χ0n) is 15.4. The minimum Gasteiger partial charge on any atom is -0.473 e. The number of nitrogens with zero attached hydrogens (tertiary/aromatic N) is 3. The lowest BCUT2D eigenvalue weighted by Crippen LogP contribution is -2.33. The number of aliphatic carboxylic acids is 2. The van der Waals surface area contributed by atoms with Crippen molar-refractivity contribution in [3.05, 3.63) is 70.4 Å². The van der Waals surface area contributed by atoms with Gasteiger partial charge in [-0.3, -0.25) is 20.0 Å². The molecule has 2 aliphatic rings. The average molecular weight is 397 g/mol. The van der Waals surface area contributed by atoms with E-state index in [1.165, 1.54) is 11.6 Å². The van der Waals surface area contributed by atoms with Crippen molar-refractivity contribution in [2.24, 2.45) is 0 Å². The van der Waals surface area contributed by atoms with Crippen LogP contribution in [-0.4, -0.2) is 56.6 Å². The Morgan fingerprint density at radius 1 is 1.17 bits per heavy atom. The van der Waals surface area contributed by atoms with Gasteiger partial charge in [0.25, 0.3) is 5.69 Å². The Bertz CT molecular complexity index is 960. The molecule has 3 heterocycles. The fraction of sp³-hybridized carbons (Fsp3) is 0.250. The standard InChI is InChI=1S/C18H17N3O2.C2H2O4/c22-21(23)16-4-1-3-14(11-16)17-6-5-15(12-19-17)18-7-2-9-20(13-18)10-8-18;3-1(4)2(5)6/h1-7,11-12H,8-10,13H2;(H,3,4)(H,5,6).